The topological polar surface area (TPSA) is 42.0 Å². The fraction of sp³-hybridized carbons (Fsp3) is 0.412. The van der Waals surface area contributed by atoms with Crippen LogP contribution in [0, 0.1) is 5.92 Å². The molecule has 1 aromatic heterocycles. The average Bonchev–Trinajstić information content (AvgIpc) is 2.98. The quantitative estimate of drug-likeness (QED) is 0.905. The molecule has 1 fully saturated rings. The SMILES string of the molecule is O=C(CCC1CCCC1)Nc1cnc2ccccc2c1. The van der Waals surface area contributed by atoms with Crippen molar-refractivity contribution in [3.8, 4) is 0 Å². The maximum atomic E-state index is 12.0. The molecule has 0 radical (unpaired) electrons. The summed E-state index contributed by atoms with van der Waals surface area (Å²) in [6, 6.07) is 9.91. The highest BCUT2D eigenvalue weighted by Crippen LogP contribution is 2.28. The first-order valence-electron chi connectivity index (χ1n) is 7.46. The molecule has 20 heavy (non-hydrogen) atoms. The van der Waals surface area contributed by atoms with E-state index in [0.29, 0.717) is 6.42 Å². The van der Waals surface area contributed by atoms with Gasteiger partial charge in [-0.25, -0.2) is 0 Å². The summed E-state index contributed by atoms with van der Waals surface area (Å²) in [7, 11) is 0. The zero-order valence-corrected chi connectivity index (χ0v) is 11.6. The molecule has 3 nitrogen and oxygen atoms in total. The number of anilines is 1. The Kier molecular flexibility index (Phi) is 3.95. The molecule has 1 N–H and O–H groups in total. The minimum Gasteiger partial charge on any atom is -0.325 e. The van der Waals surface area contributed by atoms with E-state index in [1.54, 1.807) is 6.20 Å². The molecule has 104 valence electrons. The summed E-state index contributed by atoms with van der Waals surface area (Å²) in [5, 5.41) is 4.01. The molecule has 1 aromatic carbocycles. The van der Waals surface area contributed by atoms with Crippen LogP contribution in [0.5, 0.6) is 0 Å². The molecule has 0 saturated heterocycles. The predicted molar refractivity (Wildman–Crippen MR) is 81.6 cm³/mol. The van der Waals surface area contributed by atoms with Gasteiger partial charge in [0, 0.05) is 11.8 Å². The van der Waals surface area contributed by atoms with Gasteiger partial charge in [0.1, 0.15) is 0 Å². The molecule has 0 aliphatic heterocycles. The molecule has 1 heterocycles. The summed E-state index contributed by atoms with van der Waals surface area (Å²) < 4.78 is 0. The Morgan fingerprint density at radius 3 is 2.90 bits per heavy atom. The van der Waals surface area contributed by atoms with E-state index in [-0.39, 0.29) is 5.91 Å². The van der Waals surface area contributed by atoms with Gasteiger partial charge in [0.15, 0.2) is 0 Å². The molecule has 1 amide bonds. The van der Waals surface area contributed by atoms with Crippen molar-refractivity contribution in [1.29, 1.82) is 0 Å². The summed E-state index contributed by atoms with van der Waals surface area (Å²) in [5.74, 6) is 0.865. The molecule has 1 saturated carbocycles. The Morgan fingerprint density at radius 1 is 1.25 bits per heavy atom. The lowest BCUT2D eigenvalue weighted by molar-refractivity contribution is -0.116. The standard InChI is InChI=1S/C17H20N2O/c20-17(10-9-13-5-1-2-6-13)19-15-11-14-7-3-4-8-16(14)18-12-15/h3-4,7-8,11-13H,1-2,5-6,9-10H2,(H,19,20). The largest absolute Gasteiger partial charge is 0.325 e. The van der Waals surface area contributed by atoms with Gasteiger partial charge < -0.3 is 5.32 Å². The van der Waals surface area contributed by atoms with Crippen molar-refractivity contribution in [1.82, 2.24) is 4.98 Å². The molecule has 0 bridgehead atoms. The second-order valence-electron chi connectivity index (χ2n) is 5.65. The van der Waals surface area contributed by atoms with Gasteiger partial charge in [-0.3, -0.25) is 9.78 Å². The minimum atomic E-state index is 0.106. The number of carbonyl (C=O) groups is 1. The molecule has 0 atom stereocenters. The van der Waals surface area contributed by atoms with Crippen LogP contribution < -0.4 is 5.32 Å². The van der Waals surface area contributed by atoms with Gasteiger partial charge in [0.05, 0.1) is 17.4 Å². The van der Waals surface area contributed by atoms with Crippen molar-refractivity contribution in [3.05, 3.63) is 36.5 Å². The summed E-state index contributed by atoms with van der Waals surface area (Å²) >= 11 is 0. The van der Waals surface area contributed by atoms with Gasteiger partial charge in [-0.15, -0.1) is 0 Å². The second kappa shape index (κ2) is 6.04. The number of aromatic nitrogens is 1. The van der Waals surface area contributed by atoms with E-state index in [2.05, 4.69) is 10.3 Å². The van der Waals surface area contributed by atoms with Crippen molar-refractivity contribution in [2.24, 2.45) is 5.92 Å². The summed E-state index contributed by atoms with van der Waals surface area (Å²) in [4.78, 5) is 16.3. The van der Waals surface area contributed by atoms with Crippen LogP contribution >= 0.6 is 0 Å². The number of fused-ring (bicyclic) bond motifs is 1. The Balaban J connectivity index is 1.59. The van der Waals surface area contributed by atoms with Crippen LogP contribution in [0.25, 0.3) is 10.9 Å². The van der Waals surface area contributed by atoms with Crippen LogP contribution in [0.2, 0.25) is 0 Å². The van der Waals surface area contributed by atoms with Crippen molar-refractivity contribution in [2.75, 3.05) is 5.32 Å². The van der Waals surface area contributed by atoms with Crippen LogP contribution in [-0.2, 0) is 4.79 Å². The third-order valence-electron chi connectivity index (χ3n) is 4.13. The first kappa shape index (κ1) is 13.1. The number of nitrogens with zero attached hydrogens (tertiary/aromatic N) is 1. The molecule has 1 aliphatic carbocycles. The second-order valence-corrected chi connectivity index (χ2v) is 5.65. The maximum Gasteiger partial charge on any atom is 0.224 e. The lowest BCUT2D eigenvalue weighted by Crippen LogP contribution is -2.12. The van der Waals surface area contributed by atoms with Gasteiger partial charge in [-0.05, 0) is 24.5 Å². The van der Waals surface area contributed by atoms with Crippen molar-refractivity contribution in [3.63, 3.8) is 0 Å². The number of carbonyl (C=O) groups excluding carboxylic acids is 1. The molecule has 1 aliphatic rings. The van der Waals surface area contributed by atoms with Crippen molar-refractivity contribution >= 4 is 22.5 Å². The van der Waals surface area contributed by atoms with Crippen LogP contribution in [-0.4, -0.2) is 10.9 Å². The number of hydrogen-bond donors (Lipinski definition) is 1. The third-order valence-corrected chi connectivity index (χ3v) is 4.13. The molecule has 2 aromatic rings. The lowest BCUT2D eigenvalue weighted by Gasteiger charge is -2.09. The van der Waals surface area contributed by atoms with E-state index in [9.17, 15) is 4.79 Å². The number of pyridine rings is 1. The highest BCUT2D eigenvalue weighted by molar-refractivity contribution is 5.93. The van der Waals surface area contributed by atoms with Crippen molar-refractivity contribution in [2.45, 2.75) is 38.5 Å². The van der Waals surface area contributed by atoms with Crippen LogP contribution in [0.4, 0.5) is 5.69 Å². The Morgan fingerprint density at radius 2 is 2.05 bits per heavy atom. The minimum absolute atomic E-state index is 0.106. The predicted octanol–water partition coefficient (Wildman–Crippen LogP) is 4.14. The Hall–Kier alpha value is -1.90. The normalized spacial score (nSPS) is 15.6. The van der Waals surface area contributed by atoms with Crippen LogP contribution in [0.3, 0.4) is 0 Å². The number of benzene rings is 1. The number of hydrogen-bond acceptors (Lipinski definition) is 2. The van der Waals surface area contributed by atoms with Gasteiger partial charge >= 0.3 is 0 Å². The zero-order chi connectivity index (χ0) is 13.8. The van der Waals surface area contributed by atoms with Crippen molar-refractivity contribution < 1.29 is 4.79 Å². The van der Waals surface area contributed by atoms with Gasteiger partial charge in [0.2, 0.25) is 5.91 Å². The van der Waals surface area contributed by atoms with E-state index in [0.717, 1.165) is 28.9 Å². The fourth-order valence-corrected chi connectivity index (χ4v) is 3.00. The monoisotopic (exact) mass is 268 g/mol. The summed E-state index contributed by atoms with van der Waals surface area (Å²) in [6.07, 6.45) is 8.64. The van der Waals surface area contributed by atoms with E-state index < -0.39 is 0 Å². The first-order chi connectivity index (χ1) is 9.81. The van der Waals surface area contributed by atoms with E-state index in [4.69, 9.17) is 0 Å². The summed E-state index contributed by atoms with van der Waals surface area (Å²) in [5.41, 5.74) is 1.75. The highest BCUT2D eigenvalue weighted by Gasteiger charge is 2.16. The third kappa shape index (κ3) is 3.16. The van der Waals surface area contributed by atoms with E-state index >= 15 is 0 Å². The van der Waals surface area contributed by atoms with Gasteiger partial charge in [-0.1, -0.05) is 43.9 Å². The smallest absolute Gasteiger partial charge is 0.224 e. The highest BCUT2D eigenvalue weighted by atomic mass is 16.1. The zero-order valence-electron chi connectivity index (χ0n) is 11.6. The number of nitrogens with one attached hydrogen (secondary N) is 1. The Labute approximate surface area is 119 Å². The lowest BCUT2D eigenvalue weighted by atomic mass is 10.0. The number of para-hydroxylation sites is 1. The first-order valence-corrected chi connectivity index (χ1v) is 7.46. The van der Waals surface area contributed by atoms with Crippen LogP contribution in [0.1, 0.15) is 38.5 Å². The molecule has 3 heteroatoms. The number of rotatable bonds is 4. The number of amides is 1. The average molecular weight is 268 g/mol. The maximum absolute atomic E-state index is 12.0. The molecule has 3 rings (SSSR count). The van der Waals surface area contributed by atoms with Gasteiger partial charge in [-0.2, -0.15) is 0 Å². The molecule has 0 spiro atoms. The van der Waals surface area contributed by atoms with E-state index in [1.807, 2.05) is 30.3 Å². The van der Waals surface area contributed by atoms with E-state index in [1.165, 1.54) is 25.7 Å². The molecule has 0 unspecified atom stereocenters. The molecular weight excluding hydrogens is 248 g/mol. The van der Waals surface area contributed by atoms with Gasteiger partial charge in [0.25, 0.3) is 0 Å². The Bertz CT molecular complexity index is 603. The fourth-order valence-electron chi connectivity index (χ4n) is 3.00. The molecular formula is C17H20N2O. The summed E-state index contributed by atoms with van der Waals surface area (Å²) in [6.45, 7) is 0. The van der Waals surface area contributed by atoms with Crippen LogP contribution in [0.15, 0.2) is 36.5 Å².